The fraction of sp³-hybridized carbons (Fsp3) is 0.588. The monoisotopic (exact) mass is 324 g/mol. The summed E-state index contributed by atoms with van der Waals surface area (Å²) in [6, 6.07) is 0.317. The molecule has 0 amide bonds. The van der Waals surface area contributed by atoms with Gasteiger partial charge in [-0.1, -0.05) is 24.6 Å². The predicted octanol–water partition coefficient (Wildman–Crippen LogP) is 3.71. The fourth-order valence-electron chi connectivity index (χ4n) is 2.36. The molecular weight excluding hydrogens is 296 g/mol. The molecule has 1 heterocycles. The highest BCUT2D eigenvalue weighted by Crippen LogP contribution is 2.25. The van der Waals surface area contributed by atoms with Gasteiger partial charge in [-0.3, -0.25) is 4.99 Å². The molecule has 4 nitrogen and oxygen atoms in total. The van der Waals surface area contributed by atoms with E-state index in [1.54, 1.807) is 6.34 Å². The summed E-state index contributed by atoms with van der Waals surface area (Å²) in [4.78, 5) is 6.48. The normalized spacial score (nSPS) is 20.2. The molecule has 0 saturated heterocycles. The first kappa shape index (κ1) is 18.8. The standard InChI is InChI=1S/C17H29ClN4/c1-7-12(5)14(15(18)8-2)9-22(11(3)4)17-13(6)16(19)20-10-21-17/h7,10-11,16H,8-9,19H2,1-6H3,(H,20,21)/b12-7-,15-14+. The van der Waals surface area contributed by atoms with Crippen molar-refractivity contribution in [2.75, 3.05) is 6.54 Å². The molecule has 0 radical (unpaired) electrons. The van der Waals surface area contributed by atoms with Crippen molar-refractivity contribution in [2.45, 2.75) is 60.2 Å². The maximum Gasteiger partial charge on any atom is 0.124 e. The molecule has 0 fully saturated rings. The Morgan fingerprint density at radius 3 is 2.68 bits per heavy atom. The van der Waals surface area contributed by atoms with Crippen LogP contribution in [0, 0.1) is 0 Å². The average Bonchev–Trinajstić information content (AvgIpc) is 2.50. The largest absolute Gasteiger partial charge is 0.351 e. The molecule has 0 spiro atoms. The van der Waals surface area contributed by atoms with Gasteiger partial charge in [-0.2, -0.15) is 0 Å². The van der Waals surface area contributed by atoms with E-state index in [0.29, 0.717) is 6.04 Å². The number of hydrogen-bond acceptors (Lipinski definition) is 4. The summed E-state index contributed by atoms with van der Waals surface area (Å²) in [5, 5.41) is 4.16. The summed E-state index contributed by atoms with van der Waals surface area (Å²) in [6.07, 6.45) is 4.33. The number of nitrogens with one attached hydrogen (secondary N) is 1. The first-order valence-electron chi connectivity index (χ1n) is 7.85. The minimum absolute atomic E-state index is 0.283. The highest BCUT2D eigenvalue weighted by molar-refractivity contribution is 6.30. The lowest BCUT2D eigenvalue weighted by molar-refractivity contribution is 0.289. The zero-order chi connectivity index (χ0) is 16.9. The molecule has 1 rings (SSSR count). The molecule has 0 aliphatic carbocycles. The van der Waals surface area contributed by atoms with Crippen LogP contribution < -0.4 is 11.1 Å². The average molecular weight is 325 g/mol. The third-order valence-corrected chi connectivity index (χ3v) is 4.53. The third kappa shape index (κ3) is 4.37. The zero-order valence-corrected chi connectivity index (χ0v) is 15.3. The van der Waals surface area contributed by atoms with Crippen LogP contribution in [0.3, 0.4) is 0 Å². The van der Waals surface area contributed by atoms with Gasteiger partial charge >= 0.3 is 0 Å². The molecule has 124 valence electrons. The molecule has 0 bridgehead atoms. The molecule has 0 aromatic rings. The van der Waals surface area contributed by atoms with Gasteiger partial charge in [0.1, 0.15) is 12.0 Å². The van der Waals surface area contributed by atoms with Gasteiger partial charge in [0.25, 0.3) is 0 Å². The van der Waals surface area contributed by atoms with Crippen molar-refractivity contribution in [2.24, 2.45) is 10.7 Å². The van der Waals surface area contributed by atoms with Crippen molar-refractivity contribution >= 4 is 17.9 Å². The van der Waals surface area contributed by atoms with Crippen LogP contribution in [0.2, 0.25) is 0 Å². The molecule has 1 atom stereocenters. The summed E-state index contributed by atoms with van der Waals surface area (Å²) >= 11 is 6.48. The van der Waals surface area contributed by atoms with Crippen LogP contribution in [0.1, 0.15) is 48.0 Å². The SMILES string of the molecule is C/C=C(C)\C(CN(C1=C(C)C(N)N=CN1)C(C)C)=C(\Cl)CC. The van der Waals surface area contributed by atoms with E-state index in [0.717, 1.165) is 29.4 Å². The van der Waals surface area contributed by atoms with E-state index in [2.05, 4.69) is 49.0 Å². The second-order valence-corrected chi connectivity index (χ2v) is 6.29. The van der Waals surface area contributed by atoms with Crippen molar-refractivity contribution in [3.8, 4) is 0 Å². The van der Waals surface area contributed by atoms with E-state index in [4.69, 9.17) is 17.3 Å². The van der Waals surface area contributed by atoms with Gasteiger partial charge in [-0.05, 0) is 52.2 Å². The van der Waals surface area contributed by atoms with Gasteiger partial charge in [0.15, 0.2) is 0 Å². The Bertz CT molecular complexity index is 515. The van der Waals surface area contributed by atoms with Crippen LogP contribution in [-0.2, 0) is 0 Å². The van der Waals surface area contributed by atoms with E-state index in [1.807, 2.05) is 13.8 Å². The van der Waals surface area contributed by atoms with Gasteiger partial charge in [0.05, 0.1) is 6.34 Å². The highest BCUT2D eigenvalue weighted by atomic mass is 35.5. The Balaban J connectivity index is 3.20. The van der Waals surface area contributed by atoms with Crippen molar-refractivity contribution in [3.63, 3.8) is 0 Å². The number of rotatable bonds is 6. The molecule has 1 aliphatic heterocycles. The maximum atomic E-state index is 6.48. The Kier molecular flexibility index (Phi) is 7.17. The Morgan fingerprint density at radius 1 is 1.55 bits per heavy atom. The second kappa shape index (κ2) is 8.39. The number of allylic oxidation sites excluding steroid dienone is 2. The first-order chi connectivity index (χ1) is 10.3. The minimum atomic E-state index is -0.283. The fourth-order valence-corrected chi connectivity index (χ4v) is 2.56. The lowest BCUT2D eigenvalue weighted by atomic mass is 10.0. The van der Waals surface area contributed by atoms with Gasteiger partial charge in [-0.25, -0.2) is 0 Å². The van der Waals surface area contributed by atoms with Crippen LogP contribution in [0.4, 0.5) is 0 Å². The van der Waals surface area contributed by atoms with E-state index >= 15 is 0 Å². The van der Waals surface area contributed by atoms with Gasteiger partial charge < -0.3 is 16.0 Å². The minimum Gasteiger partial charge on any atom is -0.351 e. The van der Waals surface area contributed by atoms with Crippen molar-refractivity contribution in [3.05, 3.63) is 33.6 Å². The number of nitrogens with zero attached hydrogens (tertiary/aromatic N) is 2. The molecule has 1 unspecified atom stereocenters. The number of hydrogen-bond donors (Lipinski definition) is 2. The van der Waals surface area contributed by atoms with E-state index < -0.39 is 0 Å². The number of halogens is 1. The van der Waals surface area contributed by atoms with Crippen LogP contribution >= 0.6 is 11.6 Å². The Hall–Kier alpha value is -1.26. The molecule has 0 saturated carbocycles. The summed E-state index contributed by atoms with van der Waals surface area (Å²) in [6.45, 7) is 13.3. The predicted molar refractivity (Wildman–Crippen MR) is 96.7 cm³/mol. The molecule has 1 aliphatic rings. The quantitative estimate of drug-likeness (QED) is 0.732. The summed E-state index contributed by atoms with van der Waals surface area (Å²) in [7, 11) is 0. The van der Waals surface area contributed by atoms with Crippen molar-refractivity contribution in [1.82, 2.24) is 10.2 Å². The van der Waals surface area contributed by atoms with E-state index in [-0.39, 0.29) is 6.17 Å². The van der Waals surface area contributed by atoms with Crippen LogP contribution in [-0.4, -0.2) is 30.0 Å². The Labute approximate surface area is 139 Å². The van der Waals surface area contributed by atoms with E-state index in [9.17, 15) is 0 Å². The topological polar surface area (TPSA) is 53.6 Å². The van der Waals surface area contributed by atoms with Crippen LogP contribution in [0.5, 0.6) is 0 Å². The molecule has 0 aromatic heterocycles. The Morgan fingerprint density at radius 2 is 2.18 bits per heavy atom. The van der Waals surface area contributed by atoms with E-state index in [1.165, 1.54) is 11.1 Å². The molecular formula is C17H29ClN4. The molecule has 3 N–H and O–H groups in total. The first-order valence-corrected chi connectivity index (χ1v) is 8.23. The highest BCUT2D eigenvalue weighted by Gasteiger charge is 2.22. The lowest BCUT2D eigenvalue weighted by Crippen LogP contribution is -2.43. The molecule has 5 heteroatoms. The molecule has 0 aromatic carbocycles. The maximum absolute atomic E-state index is 6.48. The van der Waals surface area contributed by atoms with Crippen molar-refractivity contribution < 1.29 is 0 Å². The van der Waals surface area contributed by atoms with Crippen LogP contribution in [0.15, 0.2) is 38.6 Å². The third-order valence-electron chi connectivity index (χ3n) is 4.04. The van der Waals surface area contributed by atoms with Gasteiger partial charge in [-0.15, -0.1) is 0 Å². The summed E-state index contributed by atoms with van der Waals surface area (Å²) in [5.74, 6) is 1.03. The van der Waals surface area contributed by atoms with Crippen LogP contribution in [0.25, 0.3) is 0 Å². The molecule has 22 heavy (non-hydrogen) atoms. The van der Waals surface area contributed by atoms with Crippen molar-refractivity contribution in [1.29, 1.82) is 0 Å². The summed E-state index contributed by atoms with van der Waals surface area (Å²) in [5.41, 5.74) is 9.47. The second-order valence-electron chi connectivity index (χ2n) is 5.83. The lowest BCUT2D eigenvalue weighted by Gasteiger charge is -2.35. The summed E-state index contributed by atoms with van der Waals surface area (Å²) < 4.78 is 0. The number of aliphatic imine (C=N–C) groups is 1. The van der Waals surface area contributed by atoms with Gasteiger partial charge in [0, 0.05) is 23.2 Å². The smallest absolute Gasteiger partial charge is 0.124 e. The number of nitrogens with two attached hydrogens (primary N) is 1. The van der Waals surface area contributed by atoms with Gasteiger partial charge in [0.2, 0.25) is 0 Å². The zero-order valence-electron chi connectivity index (χ0n) is 14.6.